The SMILES string of the molecule is CCOc1ncccc1CNC(=NC)NC(C)C(C)C. The van der Waals surface area contributed by atoms with Crippen LogP contribution in [0, 0.1) is 5.92 Å². The molecule has 0 saturated carbocycles. The second kappa shape index (κ2) is 8.40. The lowest BCUT2D eigenvalue weighted by Gasteiger charge is -2.21. The molecule has 1 aromatic rings. The van der Waals surface area contributed by atoms with E-state index in [4.69, 9.17) is 4.74 Å². The van der Waals surface area contributed by atoms with Gasteiger partial charge in [-0.1, -0.05) is 19.9 Å². The molecule has 20 heavy (non-hydrogen) atoms. The Balaban J connectivity index is 2.61. The molecule has 112 valence electrons. The molecule has 0 fully saturated rings. The van der Waals surface area contributed by atoms with E-state index in [0.29, 0.717) is 31.0 Å². The largest absolute Gasteiger partial charge is 0.478 e. The van der Waals surface area contributed by atoms with Crippen molar-refractivity contribution in [3.05, 3.63) is 23.9 Å². The van der Waals surface area contributed by atoms with E-state index in [9.17, 15) is 0 Å². The predicted molar refractivity (Wildman–Crippen MR) is 83.0 cm³/mol. The van der Waals surface area contributed by atoms with Crippen molar-refractivity contribution in [1.82, 2.24) is 15.6 Å². The van der Waals surface area contributed by atoms with Crippen LogP contribution in [0.25, 0.3) is 0 Å². The first-order valence-electron chi connectivity index (χ1n) is 7.12. The van der Waals surface area contributed by atoms with E-state index >= 15 is 0 Å². The molecule has 5 heteroatoms. The Labute approximate surface area is 121 Å². The minimum absolute atomic E-state index is 0.362. The number of rotatable bonds is 6. The standard InChI is InChI=1S/C15H26N4O/c1-6-20-14-13(8-7-9-17-14)10-18-15(16-5)19-12(4)11(2)3/h7-9,11-12H,6,10H2,1-5H3,(H2,16,18,19). The van der Waals surface area contributed by atoms with Crippen molar-refractivity contribution < 1.29 is 4.74 Å². The fourth-order valence-electron chi connectivity index (χ4n) is 1.58. The van der Waals surface area contributed by atoms with Gasteiger partial charge in [-0.05, 0) is 25.8 Å². The average molecular weight is 278 g/mol. The molecule has 0 aliphatic heterocycles. The van der Waals surface area contributed by atoms with Crippen molar-refractivity contribution in [3.8, 4) is 5.88 Å². The van der Waals surface area contributed by atoms with Crippen LogP contribution in [0.1, 0.15) is 33.3 Å². The Kier molecular flexibility index (Phi) is 6.84. The van der Waals surface area contributed by atoms with Crippen molar-refractivity contribution in [2.75, 3.05) is 13.7 Å². The van der Waals surface area contributed by atoms with E-state index in [0.717, 1.165) is 11.5 Å². The molecule has 0 saturated heterocycles. The Bertz CT molecular complexity index is 432. The molecule has 0 radical (unpaired) electrons. The predicted octanol–water partition coefficient (Wildman–Crippen LogP) is 2.19. The van der Waals surface area contributed by atoms with Gasteiger partial charge >= 0.3 is 0 Å². The maximum Gasteiger partial charge on any atom is 0.218 e. The van der Waals surface area contributed by atoms with Crippen LogP contribution in [0.2, 0.25) is 0 Å². The second-order valence-corrected chi connectivity index (χ2v) is 5.00. The first-order chi connectivity index (χ1) is 9.58. The summed E-state index contributed by atoms with van der Waals surface area (Å²) in [6, 6.07) is 4.28. The van der Waals surface area contributed by atoms with Crippen LogP contribution in [-0.4, -0.2) is 30.6 Å². The minimum Gasteiger partial charge on any atom is -0.478 e. The fraction of sp³-hybridized carbons (Fsp3) is 0.600. The molecule has 1 unspecified atom stereocenters. The number of aromatic nitrogens is 1. The van der Waals surface area contributed by atoms with Gasteiger partial charge in [-0.3, -0.25) is 4.99 Å². The van der Waals surface area contributed by atoms with Crippen molar-refractivity contribution in [2.24, 2.45) is 10.9 Å². The Morgan fingerprint density at radius 1 is 1.40 bits per heavy atom. The number of pyridine rings is 1. The highest BCUT2D eigenvalue weighted by Crippen LogP contribution is 2.13. The summed E-state index contributed by atoms with van der Waals surface area (Å²) in [6.07, 6.45) is 1.74. The Morgan fingerprint density at radius 3 is 2.75 bits per heavy atom. The lowest BCUT2D eigenvalue weighted by Crippen LogP contribution is -2.43. The van der Waals surface area contributed by atoms with Crippen LogP contribution in [0.15, 0.2) is 23.3 Å². The summed E-state index contributed by atoms with van der Waals surface area (Å²) >= 11 is 0. The maximum atomic E-state index is 5.51. The number of nitrogens with zero attached hydrogens (tertiary/aromatic N) is 2. The van der Waals surface area contributed by atoms with Crippen molar-refractivity contribution >= 4 is 5.96 Å². The molecule has 0 bridgehead atoms. The summed E-state index contributed by atoms with van der Waals surface area (Å²) in [7, 11) is 1.77. The van der Waals surface area contributed by atoms with Gasteiger partial charge in [0.05, 0.1) is 6.61 Å². The smallest absolute Gasteiger partial charge is 0.218 e. The molecule has 0 aromatic carbocycles. The molecule has 1 heterocycles. The van der Waals surface area contributed by atoms with Gasteiger partial charge in [0.15, 0.2) is 5.96 Å². The molecule has 1 aromatic heterocycles. The highest BCUT2D eigenvalue weighted by molar-refractivity contribution is 5.79. The monoisotopic (exact) mass is 278 g/mol. The molecule has 1 atom stereocenters. The molecular weight excluding hydrogens is 252 g/mol. The van der Waals surface area contributed by atoms with Gasteiger partial charge in [-0.25, -0.2) is 4.98 Å². The summed E-state index contributed by atoms with van der Waals surface area (Å²) in [5.74, 6) is 2.01. The number of hydrogen-bond acceptors (Lipinski definition) is 3. The third-order valence-corrected chi connectivity index (χ3v) is 3.17. The zero-order chi connectivity index (χ0) is 15.0. The fourth-order valence-corrected chi connectivity index (χ4v) is 1.58. The van der Waals surface area contributed by atoms with Gasteiger partial charge < -0.3 is 15.4 Å². The van der Waals surface area contributed by atoms with Gasteiger partial charge in [0.25, 0.3) is 0 Å². The van der Waals surface area contributed by atoms with E-state index in [1.165, 1.54) is 0 Å². The van der Waals surface area contributed by atoms with Crippen LogP contribution >= 0.6 is 0 Å². The highest BCUT2D eigenvalue weighted by Gasteiger charge is 2.10. The van der Waals surface area contributed by atoms with Gasteiger partial charge in [0.2, 0.25) is 5.88 Å². The van der Waals surface area contributed by atoms with Crippen molar-refractivity contribution in [2.45, 2.75) is 40.3 Å². The number of aliphatic imine (C=N–C) groups is 1. The third-order valence-electron chi connectivity index (χ3n) is 3.17. The second-order valence-electron chi connectivity index (χ2n) is 5.00. The average Bonchev–Trinajstić information content (AvgIpc) is 2.44. The summed E-state index contributed by atoms with van der Waals surface area (Å²) in [4.78, 5) is 8.47. The van der Waals surface area contributed by atoms with Crippen LogP contribution in [0.5, 0.6) is 5.88 Å². The van der Waals surface area contributed by atoms with Crippen molar-refractivity contribution in [3.63, 3.8) is 0 Å². The van der Waals surface area contributed by atoms with Gasteiger partial charge in [-0.2, -0.15) is 0 Å². The lowest BCUT2D eigenvalue weighted by atomic mass is 10.1. The van der Waals surface area contributed by atoms with E-state index < -0.39 is 0 Å². The topological polar surface area (TPSA) is 58.5 Å². The van der Waals surface area contributed by atoms with Gasteiger partial charge in [-0.15, -0.1) is 0 Å². The Hall–Kier alpha value is -1.78. The zero-order valence-electron chi connectivity index (χ0n) is 13.1. The van der Waals surface area contributed by atoms with Crippen molar-refractivity contribution in [1.29, 1.82) is 0 Å². The molecule has 0 aliphatic carbocycles. The van der Waals surface area contributed by atoms with Crippen LogP contribution in [-0.2, 0) is 6.54 Å². The number of nitrogens with one attached hydrogen (secondary N) is 2. The van der Waals surface area contributed by atoms with Crippen LogP contribution in [0.3, 0.4) is 0 Å². The minimum atomic E-state index is 0.362. The molecule has 0 aliphatic rings. The number of hydrogen-bond donors (Lipinski definition) is 2. The van der Waals surface area contributed by atoms with E-state index in [2.05, 4.69) is 41.4 Å². The summed E-state index contributed by atoms with van der Waals surface area (Å²) in [5.41, 5.74) is 1.02. The van der Waals surface area contributed by atoms with Crippen LogP contribution in [0.4, 0.5) is 0 Å². The molecule has 2 N–H and O–H groups in total. The first-order valence-corrected chi connectivity index (χ1v) is 7.12. The number of ether oxygens (including phenoxy) is 1. The highest BCUT2D eigenvalue weighted by atomic mass is 16.5. The van der Waals surface area contributed by atoms with Gasteiger partial charge in [0.1, 0.15) is 0 Å². The van der Waals surface area contributed by atoms with E-state index in [1.807, 2.05) is 19.1 Å². The number of guanidine groups is 1. The zero-order valence-corrected chi connectivity index (χ0v) is 13.1. The van der Waals surface area contributed by atoms with Crippen LogP contribution < -0.4 is 15.4 Å². The van der Waals surface area contributed by atoms with E-state index in [1.54, 1.807) is 13.2 Å². The molecule has 5 nitrogen and oxygen atoms in total. The third kappa shape index (κ3) is 5.07. The molecule has 1 rings (SSSR count). The first kappa shape index (κ1) is 16.3. The van der Waals surface area contributed by atoms with Gasteiger partial charge in [0, 0.05) is 31.4 Å². The summed E-state index contributed by atoms with van der Waals surface area (Å²) in [5, 5.41) is 6.65. The quantitative estimate of drug-likeness (QED) is 0.618. The normalized spacial score (nSPS) is 13.2. The lowest BCUT2D eigenvalue weighted by molar-refractivity contribution is 0.322. The van der Waals surface area contributed by atoms with E-state index in [-0.39, 0.29) is 0 Å². The summed E-state index contributed by atoms with van der Waals surface area (Å²) < 4.78 is 5.51. The summed E-state index contributed by atoms with van der Waals surface area (Å²) in [6.45, 7) is 9.71. The molecule has 0 amide bonds. The Morgan fingerprint density at radius 2 is 2.15 bits per heavy atom. The molecular formula is C15H26N4O. The molecule has 0 spiro atoms. The maximum absolute atomic E-state index is 5.51.